The van der Waals surface area contributed by atoms with Crippen molar-refractivity contribution in [2.75, 3.05) is 24.2 Å². The average Bonchev–Trinajstić information content (AvgIpc) is 3.43. The van der Waals surface area contributed by atoms with E-state index in [1.165, 1.54) is 16.5 Å². The molecule has 2 aromatic carbocycles. The predicted molar refractivity (Wildman–Crippen MR) is 140 cm³/mol. The third kappa shape index (κ3) is 4.17. The number of fused-ring (bicyclic) bond motifs is 2. The van der Waals surface area contributed by atoms with Crippen molar-refractivity contribution in [3.05, 3.63) is 64.5 Å². The maximum Gasteiger partial charge on any atom is 0.257 e. The quantitative estimate of drug-likeness (QED) is 0.372. The second-order valence-corrected chi connectivity index (χ2v) is 12.5. The maximum atomic E-state index is 13.4. The van der Waals surface area contributed by atoms with E-state index in [4.69, 9.17) is 4.98 Å². The number of hydrogen-bond acceptors (Lipinski definition) is 7. The largest absolute Gasteiger partial charge is 0.313 e. The van der Waals surface area contributed by atoms with E-state index in [0.29, 0.717) is 0 Å². The Kier molecular flexibility index (Phi) is 6.28. The first-order chi connectivity index (χ1) is 16.4. The topological polar surface area (TPSA) is 79.4 Å². The molecule has 0 spiro atoms. The first-order valence-corrected chi connectivity index (χ1v) is 14.6. The summed E-state index contributed by atoms with van der Waals surface area (Å²) in [5, 5.41) is 4.67. The van der Waals surface area contributed by atoms with E-state index in [1.807, 2.05) is 18.2 Å². The highest BCUT2D eigenvalue weighted by molar-refractivity contribution is 7.91. The van der Waals surface area contributed by atoms with Crippen LogP contribution in [0.4, 0.5) is 5.00 Å². The van der Waals surface area contributed by atoms with E-state index in [9.17, 15) is 13.2 Å². The summed E-state index contributed by atoms with van der Waals surface area (Å²) in [6.07, 6.45) is 0.890. The summed E-state index contributed by atoms with van der Waals surface area (Å²) < 4.78 is 26.3. The van der Waals surface area contributed by atoms with Gasteiger partial charge in [0.2, 0.25) is 0 Å². The number of sulfone groups is 1. The molecule has 176 valence electrons. The van der Waals surface area contributed by atoms with Crippen LogP contribution in [0.3, 0.4) is 0 Å². The molecule has 0 atom stereocenters. The molecular formula is C25H25N3O3S3. The van der Waals surface area contributed by atoms with Gasteiger partial charge in [0.25, 0.3) is 5.91 Å². The van der Waals surface area contributed by atoms with Crippen LogP contribution in [0, 0.1) is 0 Å². The van der Waals surface area contributed by atoms with E-state index >= 15 is 0 Å². The Balaban J connectivity index is 1.60. The van der Waals surface area contributed by atoms with Crippen molar-refractivity contribution >= 4 is 53.6 Å². The van der Waals surface area contributed by atoms with Crippen molar-refractivity contribution in [1.29, 1.82) is 0 Å². The number of nitrogens with zero attached hydrogens (tertiary/aromatic N) is 2. The van der Waals surface area contributed by atoms with E-state index in [-0.39, 0.29) is 16.2 Å². The molecule has 6 nitrogen and oxygen atoms in total. The first-order valence-electron chi connectivity index (χ1n) is 11.3. The summed E-state index contributed by atoms with van der Waals surface area (Å²) in [6.45, 7) is 6.51. The third-order valence-electron chi connectivity index (χ3n) is 6.16. The van der Waals surface area contributed by atoms with Crippen molar-refractivity contribution in [3.8, 4) is 10.6 Å². The van der Waals surface area contributed by atoms with Crippen LogP contribution in [0.5, 0.6) is 0 Å². The molecule has 0 saturated heterocycles. The van der Waals surface area contributed by atoms with Crippen LogP contribution in [-0.2, 0) is 22.8 Å². The van der Waals surface area contributed by atoms with Crippen LogP contribution in [0.2, 0.25) is 0 Å². The number of benzene rings is 2. The van der Waals surface area contributed by atoms with Crippen LogP contribution < -0.4 is 5.32 Å². The Labute approximate surface area is 207 Å². The van der Waals surface area contributed by atoms with Gasteiger partial charge in [-0.2, -0.15) is 0 Å². The van der Waals surface area contributed by atoms with Crippen molar-refractivity contribution < 1.29 is 13.2 Å². The fourth-order valence-electron chi connectivity index (χ4n) is 4.27. The number of likely N-dealkylation sites (N-methyl/N-ethyl adjacent to an activating group) is 1. The number of carbonyl (C=O) groups is 1. The number of rotatable bonds is 6. The molecule has 1 aliphatic heterocycles. The van der Waals surface area contributed by atoms with Crippen molar-refractivity contribution in [2.24, 2.45) is 0 Å². The van der Waals surface area contributed by atoms with Crippen LogP contribution in [0.15, 0.2) is 53.4 Å². The molecule has 3 heterocycles. The number of nitrogens with one attached hydrogen (secondary N) is 1. The normalized spacial score (nSPS) is 14.3. The minimum absolute atomic E-state index is 0.0611. The van der Waals surface area contributed by atoms with Gasteiger partial charge in [0.05, 0.1) is 26.4 Å². The zero-order valence-corrected chi connectivity index (χ0v) is 21.4. The van der Waals surface area contributed by atoms with Gasteiger partial charge in [-0.05, 0) is 42.8 Å². The van der Waals surface area contributed by atoms with Gasteiger partial charge in [0, 0.05) is 23.5 Å². The lowest BCUT2D eigenvalue weighted by Gasteiger charge is -2.25. The van der Waals surface area contributed by atoms with E-state index < -0.39 is 15.7 Å². The molecule has 1 N–H and O–H groups in total. The summed E-state index contributed by atoms with van der Waals surface area (Å²) in [5.74, 6) is -0.477. The number of hydrogen-bond donors (Lipinski definition) is 1. The van der Waals surface area contributed by atoms with Gasteiger partial charge < -0.3 is 5.32 Å². The summed E-state index contributed by atoms with van der Waals surface area (Å²) in [4.78, 5) is 21.9. The van der Waals surface area contributed by atoms with Crippen molar-refractivity contribution in [3.63, 3.8) is 0 Å². The Morgan fingerprint density at radius 3 is 2.62 bits per heavy atom. The lowest BCUT2D eigenvalue weighted by molar-refractivity contribution is 0.102. The Bertz CT molecular complexity index is 1450. The van der Waals surface area contributed by atoms with E-state index in [0.717, 1.165) is 51.8 Å². The van der Waals surface area contributed by atoms with Gasteiger partial charge in [-0.25, -0.2) is 13.4 Å². The number of amides is 1. The number of anilines is 1. The van der Waals surface area contributed by atoms with Gasteiger partial charge in [-0.1, -0.05) is 38.1 Å². The van der Waals surface area contributed by atoms with Crippen LogP contribution in [0.1, 0.15) is 34.6 Å². The van der Waals surface area contributed by atoms with Gasteiger partial charge in [0.15, 0.2) is 9.84 Å². The number of aromatic nitrogens is 1. The molecular weight excluding hydrogens is 486 g/mol. The lowest BCUT2D eigenvalue weighted by atomic mass is 10.0. The molecule has 0 saturated carbocycles. The molecule has 5 rings (SSSR count). The van der Waals surface area contributed by atoms with Crippen LogP contribution >= 0.6 is 22.7 Å². The van der Waals surface area contributed by atoms with Crippen molar-refractivity contribution in [1.82, 2.24) is 9.88 Å². The predicted octanol–water partition coefficient (Wildman–Crippen LogP) is 5.45. The molecule has 0 fully saturated rings. The van der Waals surface area contributed by atoms with E-state index in [1.54, 1.807) is 47.8 Å². The summed E-state index contributed by atoms with van der Waals surface area (Å²) in [7, 11) is -3.53. The lowest BCUT2D eigenvalue weighted by Crippen LogP contribution is -2.29. The number of carbonyl (C=O) groups excluding carboxylic acids is 1. The molecule has 0 aliphatic carbocycles. The monoisotopic (exact) mass is 511 g/mol. The molecule has 1 aliphatic rings. The van der Waals surface area contributed by atoms with Crippen LogP contribution in [-0.4, -0.2) is 43.1 Å². The van der Waals surface area contributed by atoms with Crippen molar-refractivity contribution in [2.45, 2.75) is 31.7 Å². The molecule has 0 radical (unpaired) electrons. The van der Waals surface area contributed by atoms with Crippen LogP contribution in [0.25, 0.3) is 20.8 Å². The second-order valence-electron chi connectivity index (χ2n) is 8.17. The standard InChI is InChI=1S/C25H25N3O3S3/c1-3-28-14-13-16-20(15-28)33-25(22(16)24-26-18-10-6-7-11-19(18)32-24)27-23(29)17-9-5-8-12-21(17)34(30,31)4-2/h5-12H,3-4,13-15H2,1-2H3,(H,27,29). The summed E-state index contributed by atoms with van der Waals surface area (Å²) >= 11 is 3.19. The molecule has 4 aromatic rings. The average molecular weight is 512 g/mol. The highest BCUT2D eigenvalue weighted by Gasteiger charge is 2.28. The molecule has 9 heteroatoms. The summed E-state index contributed by atoms with van der Waals surface area (Å²) in [5.41, 5.74) is 3.31. The molecule has 1 amide bonds. The van der Waals surface area contributed by atoms with Gasteiger partial charge >= 0.3 is 0 Å². The zero-order valence-electron chi connectivity index (χ0n) is 19.0. The summed E-state index contributed by atoms with van der Waals surface area (Å²) in [6, 6.07) is 14.4. The molecule has 2 aromatic heterocycles. The fourth-order valence-corrected chi connectivity index (χ4v) is 7.76. The third-order valence-corrected chi connectivity index (χ3v) is 10.1. The Hall–Kier alpha value is -2.59. The number of thiazole rings is 1. The van der Waals surface area contributed by atoms with Gasteiger partial charge in [0.1, 0.15) is 10.0 Å². The first kappa shape index (κ1) is 23.2. The van der Waals surface area contributed by atoms with Gasteiger partial charge in [-0.3, -0.25) is 9.69 Å². The van der Waals surface area contributed by atoms with E-state index in [2.05, 4.69) is 23.2 Å². The maximum absolute atomic E-state index is 13.4. The number of thiophene rings is 1. The minimum atomic E-state index is -3.53. The smallest absolute Gasteiger partial charge is 0.257 e. The zero-order chi connectivity index (χ0) is 23.9. The second kappa shape index (κ2) is 9.22. The molecule has 0 bridgehead atoms. The highest BCUT2D eigenvalue weighted by atomic mass is 32.2. The fraction of sp³-hybridized carbons (Fsp3) is 0.280. The molecule has 0 unspecified atom stereocenters. The Morgan fingerprint density at radius 1 is 1.09 bits per heavy atom. The van der Waals surface area contributed by atoms with Gasteiger partial charge in [-0.15, -0.1) is 22.7 Å². The molecule has 34 heavy (non-hydrogen) atoms. The SMILES string of the molecule is CCN1CCc2c(sc(NC(=O)c3ccccc3S(=O)(=O)CC)c2-c2nc3ccccc3s2)C1. The minimum Gasteiger partial charge on any atom is -0.313 e. The number of para-hydroxylation sites is 1. The highest BCUT2D eigenvalue weighted by Crippen LogP contribution is 2.45. The Morgan fingerprint density at radius 2 is 1.85 bits per heavy atom.